The summed E-state index contributed by atoms with van der Waals surface area (Å²) in [6.07, 6.45) is 1.01. The number of allylic oxidation sites excluding steroid dienone is 2. The van der Waals surface area contributed by atoms with Gasteiger partial charge in [-0.05, 0) is 36.1 Å². The first-order valence-electron chi connectivity index (χ1n) is 6.66. The van der Waals surface area contributed by atoms with Crippen molar-refractivity contribution in [1.29, 1.82) is 5.26 Å². The summed E-state index contributed by atoms with van der Waals surface area (Å²) in [4.78, 5) is 0.474. The van der Waals surface area contributed by atoms with Crippen LogP contribution in [0.4, 0.5) is 0 Å². The van der Waals surface area contributed by atoms with E-state index in [1.165, 1.54) is 0 Å². The Kier molecular flexibility index (Phi) is 3.36. The highest BCUT2D eigenvalue weighted by atomic mass is 32.2. The largest absolute Gasteiger partial charge is 0.219 e. The van der Waals surface area contributed by atoms with Crippen molar-refractivity contribution in [2.45, 2.75) is 17.7 Å². The molecule has 0 fully saturated rings. The van der Waals surface area contributed by atoms with Crippen LogP contribution in [0.2, 0.25) is 0 Å². The average Bonchev–Trinajstić information content (AvgIpc) is 2.54. The van der Waals surface area contributed by atoms with Crippen molar-refractivity contribution in [1.82, 2.24) is 0 Å². The predicted octanol–water partition coefficient (Wildman–Crippen LogP) is 3.34. The summed E-state index contributed by atoms with van der Waals surface area (Å²) < 4.78 is 25.5. The molecule has 4 heteroatoms. The molecular weight excluding hydrogens is 282 g/mol. The molecular formula is C17H13NO2S. The van der Waals surface area contributed by atoms with Gasteiger partial charge in [0.25, 0.3) is 0 Å². The van der Waals surface area contributed by atoms with E-state index in [0.717, 1.165) is 11.1 Å². The van der Waals surface area contributed by atoms with Crippen LogP contribution in [0.5, 0.6) is 0 Å². The van der Waals surface area contributed by atoms with Crippen molar-refractivity contribution in [2.24, 2.45) is 0 Å². The maximum absolute atomic E-state index is 12.8. The number of benzene rings is 2. The van der Waals surface area contributed by atoms with Crippen molar-refractivity contribution in [3.8, 4) is 6.07 Å². The van der Waals surface area contributed by atoms with Crippen LogP contribution in [-0.4, -0.2) is 8.42 Å². The van der Waals surface area contributed by atoms with Crippen LogP contribution < -0.4 is 0 Å². The maximum Gasteiger partial charge on any atom is 0.204 e. The molecule has 1 aliphatic rings. The molecule has 1 aliphatic carbocycles. The highest BCUT2D eigenvalue weighted by Crippen LogP contribution is 2.36. The lowest BCUT2D eigenvalue weighted by Crippen LogP contribution is -2.13. The van der Waals surface area contributed by atoms with Gasteiger partial charge in [0.15, 0.2) is 0 Å². The average molecular weight is 295 g/mol. The van der Waals surface area contributed by atoms with Gasteiger partial charge < -0.3 is 0 Å². The second-order valence-electron chi connectivity index (χ2n) is 4.88. The lowest BCUT2D eigenvalue weighted by atomic mass is 9.91. The van der Waals surface area contributed by atoms with Crippen LogP contribution in [0.1, 0.15) is 17.5 Å². The van der Waals surface area contributed by atoms with E-state index in [1.54, 1.807) is 30.3 Å². The van der Waals surface area contributed by atoms with Gasteiger partial charge in [0.1, 0.15) is 6.07 Å². The molecule has 2 aromatic rings. The minimum absolute atomic E-state index is 0.231. The number of sulfone groups is 1. The molecule has 0 atom stereocenters. The molecule has 3 rings (SSSR count). The number of hydrogen-bond acceptors (Lipinski definition) is 3. The van der Waals surface area contributed by atoms with E-state index < -0.39 is 9.84 Å². The van der Waals surface area contributed by atoms with Gasteiger partial charge in [0.05, 0.1) is 15.4 Å². The molecule has 0 spiro atoms. The van der Waals surface area contributed by atoms with Crippen molar-refractivity contribution in [2.75, 3.05) is 0 Å². The number of nitrogens with zero attached hydrogens (tertiary/aromatic N) is 1. The fourth-order valence-corrected chi connectivity index (χ4v) is 4.23. The van der Waals surface area contributed by atoms with E-state index in [-0.39, 0.29) is 15.4 Å². The van der Waals surface area contributed by atoms with Gasteiger partial charge in [-0.3, -0.25) is 0 Å². The Morgan fingerprint density at radius 1 is 0.905 bits per heavy atom. The van der Waals surface area contributed by atoms with Gasteiger partial charge >= 0.3 is 0 Å². The molecule has 0 bridgehead atoms. The first kappa shape index (κ1) is 13.6. The second-order valence-corrected chi connectivity index (χ2v) is 6.85. The number of aryl methyl sites for hydroxylation is 1. The number of fused-ring (bicyclic) bond motifs is 1. The number of nitriles is 1. The molecule has 3 nitrogen and oxygen atoms in total. The van der Waals surface area contributed by atoms with Gasteiger partial charge in [0.2, 0.25) is 9.84 Å². The van der Waals surface area contributed by atoms with Crippen LogP contribution in [-0.2, 0) is 16.3 Å². The highest BCUT2D eigenvalue weighted by Gasteiger charge is 2.29. The molecule has 2 aromatic carbocycles. The Morgan fingerprint density at radius 2 is 1.57 bits per heavy atom. The fourth-order valence-electron chi connectivity index (χ4n) is 2.64. The van der Waals surface area contributed by atoms with E-state index in [4.69, 9.17) is 0 Å². The van der Waals surface area contributed by atoms with Crippen LogP contribution >= 0.6 is 0 Å². The van der Waals surface area contributed by atoms with Gasteiger partial charge in [0, 0.05) is 0 Å². The number of rotatable bonds is 2. The van der Waals surface area contributed by atoms with Crippen molar-refractivity contribution < 1.29 is 8.42 Å². The van der Waals surface area contributed by atoms with Gasteiger partial charge in [-0.25, -0.2) is 8.42 Å². The van der Waals surface area contributed by atoms with E-state index in [0.29, 0.717) is 12.8 Å². The zero-order valence-corrected chi connectivity index (χ0v) is 12.1. The van der Waals surface area contributed by atoms with Crippen LogP contribution in [0.3, 0.4) is 0 Å². The second kappa shape index (κ2) is 5.19. The zero-order chi connectivity index (χ0) is 14.9. The Hall–Kier alpha value is -2.38. The van der Waals surface area contributed by atoms with E-state index >= 15 is 0 Å². The van der Waals surface area contributed by atoms with Crippen molar-refractivity contribution in [3.05, 3.63) is 70.6 Å². The predicted molar refractivity (Wildman–Crippen MR) is 80.9 cm³/mol. The minimum atomic E-state index is -3.61. The first-order chi connectivity index (χ1) is 10.1. The summed E-state index contributed by atoms with van der Waals surface area (Å²) in [6.45, 7) is 0. The van der Waals surface area contributed by atoms with Crippen LogP contribution in [0.15, 0.2) is 64.4 Å². The molecule has 0 saturated carbocycles. The van der Waals surface area contributed by atoms with Crippen LogP contribution in [0, 0.1) is 11.3 Å². The lowest BCUT2D eigenvalue weighted by Gasteiger charge is -2.19. The third-order valence-corrected chi connectivity index (χ3v) is 5.63. The summed E-state index contributed by atoms with van der Waals surface area (Å²) in [7, 11) is -3.61. The van der Waals surface area contributed by atoms with Gasteiger partial charge in [-0.1, -0.05) is 42.5 Å². The highest BCUT2D eigenvalue weighted by molar-refractivity contribution is 7.95. The third-order valence-electron chi connectivity index (χ3n) is 3.68. The molecule has 0 heterocycles. The molecule has 21 heavy (non-hydrogen) atoms. The van der Waals surface area contributed by atoms with E-state index in [9.17, 15) is 13.7 Å². The summed E-state index contributed by atoms with van der Waals surface area (Å²) in [6, 6.07) is 17.9. The van der Waals surface area contributed by atoms with Gasteiger partial charge in [-0.2, -0.15) is 5.26 Å². The molecule has 0 saturated heterocycles. The summed E-state index contributed by atoms with van der Waals surface area (Å²) in [5.74, 6) is 0. The summed E-state index contributed by atoms with van der Waals surface area (Å²) in [5, 5.41) is 9.45. The Balaban J connectivity index is 2.23. The minimum Gasteiger partial charge on any atom is -0.219 e. The van der Waals surface area contributed by atoms with Crippen LogP contribution in [0.25, 0.3) is 5.57 Å². The van der Waals surface area contributed by atoms with Crippen molar-refractivity contribution >= 4 is 15.4 Å². The Labute approximate surface area is 124 Å². The summed E-state index contributed by atoms with van der Waals surface area (Å²) >= 11 is 0. The molecule has 0 aromatic heterocycles. The normalized spacial score (nSPS) is 14.4. The van der Waals surface area contributed by atoms with E-state index in [1.807, 2.05) is 24.3 Å². The quantitative estimate of drug-likeness (QED) is 0.853. The third kappa shape index (κ3) is 2.26. The zero-order valence-electron chi connectivity index (χ0n) is 11.3. The Bertz CT molecular complexity index is 859. The van der Waals surface area contributed by atoms with Crippen molar-refractivity contribution in [3.63, 3.8) is 0 Å². The molecule has 0 aliphatic heterocycles. The number of hydrogen-bond donors (Lipinski definition) is 0. The molecule has 0 N–H and O–H groups in total. The summed E-state index contributed by atoms with van der Waals surface area (Å²) in [5.41, 5.74) is 2.04. The monoisotopic (exact) mass is 295 g/mol. The molecule has 0 radical (unpaired) electrons. The lowest BCUT2D eigenvalue weighted by molar-refractivity contribution is 0.600. The molecule has 104 valence electrons. The smallest absolute Gasteiger partial charge is 0.204 e. The molecule has 0 amide bonds. The topological polar surface area (TPSA) is 57.9 Å². The SMILES string of the molecule is N#CC1=C(S(=O)(=O)c2ccccc2)CCc2ccccc21. The standard InChI is InChI=1S/C17H13NO2S/c18-12-16-15-9-5-4-6-13(15)10-11-17(16)21(19,20)14-7-2-1-3-8-14/h1-9H,10-11H2. The fraction of sp³-hybridized carbons (Fsp3) is 0.118. The first-order valence-corrected chi connectivity index (χ1v) is 8.14. The maximum atomic E-state index is 12.8. The van der Waals surface area contributed by atoms with E-state index in [2.05, 4.69) is 6.07 Å². The Morgan fingerprint density at radius 3 is 2.29 bits per heavy atom. The van der Waals surface area contributed by atoms with Gasteiger partial charge in [-0.15, -0.1) is 0 Å². The molecule has 0 unspecified atom stereocenters.